The lowest BCUT2D eigenvalue weighted by atomic mass is 9.96. The molecule has 0 heterocycles. The van der Waals surface area contributed by atoms with Gasteiger partial charge in [-0.05, 0) is 25.2 Å². The summed E-state index contributed by atoms with van der Waals surface area (Å²) in [5.74, 6) is 0.130. The van der Waals surface area contributed by atoms with Gasteiger partial charge in [-0.1, -0.05) is 20.3 Å². The van der Waals surface area contributed by atoms with E-state index in [1.165, 1.54) is 6.92 Å². The summed E-state index contributed by atoms with van der Waals surface area (Å²) in [6, 6.07) is 0. The minimum absolute atomic E-state index is 0.0176. The summed E-state index contributed by atoms with van der Waals surface area (Å²) in [4.78, 5) is 10.8. The Morgan fingerprint density at radius 1 is 1.43 bits per heavy atom. The van der Waals surface area contributed by atoms with Crippen molar-refractivity contribution in [2.24, 2.45) is 5.92 Å². The summed E-state index contributed by atoms with van der Waals surface area (Å²) in [5, 5.41) is 8.70. The third-order valence-electron chi connectivity index (χ3n) is 2.34. The minimum Gasteiger partial charge on any atom is -0.462 e. The zero-order valence-corrected chi connectivity index (χ0v) is 9.45. The smallest absolute Gasteiger partial charge is 0.302 e. The van der Waals surface area contributed by atoms with Crippen molar-refractivity contribution < 1.29 is 14.6 Å². The Balaban J connectivity index is 3.96. The number of carbonyl (C=O) groups is 1. The normalized spacial score (nSPS) is 14.9. The Hall–Kier alpha value is -0.570. The maximum Gasteiger partial charge on any atom is 0.302 e. The molecule has 0 aliphatic carbocycles. The van der Waals surface area contributed by atoms with Crippen LogP contribution in [0.1, 0.15) is 46.5 Å². The molecule has 2 atom stereocenters. The largest absolute Gasteiger partial charge is 0.462 e. The highest BCUT2D eigenvalue weighted by molar-refractivity contribution is 5.66. The molecule has 0 aromatic carbocycles. The Labute approximate surface area is 86.5 Å². The van der Waals surface area contributed by atoms with Gasteiger partial charge in [0, 0.05) is 13.5 Å². The molecule has 0 saturated heterocycles. The van der Waals surface area contributed by atoms with E-state index in [1.807, 2.05) is 0 Å². The highest BCUT2D eigenvalue weighted by atomic mass is 16.5. The van der Waals surface area contributed by atoms with Crippen molar-refractivity contribution in [1.29, 1.82) is 0 Å². The van der Waals surface area contributed by atoms with Crippen LogP contribution >= 0.6 is 0 Å². The van der Waals surface area contributed by atoms with E-state index in [0.29, 0.717) is 5.92 Å². The molecule has 0 aliphatic rings. The van der Waals surface area contributed by atoms with Gasteiger partial charge in [-0.3, -0.25) is 4.79 Å². The van der Waals surface area contributed by atoms with E-state index in [2.05, 4.69) is 13.8 Å². The molecule has 0 radical (unpaired) electrons. The molecule has 3 nitrogen and oxygen atoms in total. The van der Waals surface area contributed by atoms with Crippen LogP contribution in [0.2, 0.25) is 0 Å². The fourth-order valence-electron chi connectivity index (χ4n) is 1.56. The molecule has 14 heavy (non-hydrogen) atoms. The molecule has 0 aliphatic heterocycles. The Morgan fingerprint density at radius 3 is 2.50 bits per heavy atom. The molecule has 0 aromatic rings. The van der Waals surface area contributed by atoms with Crippen molar-refractivity contribution in [1.82, 2.24) is 0 Å². The zero-order chi connectivity index (χ0) is 11.0. The van der Waals surface area contributed by atoms with Crippen LogP contribution in [0.3, 0.4) is 0 Å². The third-order valence-corrected chi connectivity index (χ3v) is 2.34. The van der Waals surface area contributed by atoms with Crippen molar-refractivity contribution in [3.8, 4) is 0 Å². The van der Waals surface area contributed by atoms with Crippen LogP contribution in [0.15, 0.2) is 0 Å². The fourth-order valence-corrected chi connectivity index (χ4v) is 1.56. The fraction of sp³-hybridized carbons (Fsp3) is 0.909. The number of hydrogen-bond acceptors (Lipinski definition) is 3. The van der Waals surface area contributed by atoms with Crippen LogP contribution in [0.5, 0.6) is 0 Å². The molecule has 0 unspecified atom stereocenters. The van der Waals surface area contributed by atoms with Crippen LogP contribution in [0, 0.1) is 5.92 Å². The Morgan fingerprint density at radius 2 is 2.07 bits per heavy atom. The van der Waals surface area contributed by atoms with Gasteiger partial charge >= 0.3 is 5.97 Å². The average Bonchev–Trinajstić information content (AvgIpc) is 2.13. The monoisotopic (exact) mass is 202 g/mol. The van der Waals surface area contributed by atoms with Crippen molar-refractivity contribution in [2.75, 3.05) is 6.61 Å². The van der Waals surface area contributed by atoms with Gasteiger partial charge in [0.1, 0.15) is 6.10 Å². The van der Waals surface area contributed by atoms with Gasteiger partial charge in [-0.15, -0.1) is 0 Å². The predicted molar refractivity (Wildman–Crippen MR) is 55.9 cm³/mol. The summed E-state index contributed by atoms with van der Waals surface area (Å²) in [6.45, 7) is 5.80. The van der Waals surface area contributed by atoms with E-state index in [9.17, 15) is 4.79 Å². The second-order valence-electron chi connectivity index (χ2n) is 3.78. The summed E-state index contributed by atoms with van der Waals surface area (Å²) in [6.07, 6.45) is 3.63. The summed E-state index contributed by atoms with van der Waals surface area (Å²) in [7, 11) is 0. The second-order valence-corrected chi connectivity index (χ2v) is 3.78. The number of aliphatic hydroxyl groups excluding tert-OH is 1. The number of esters is 1. The number of hydrogen-bond donors (Lipinski definition) is 1. The molecule has 0 rings (SSSR count). The molecule has 0 saturated carbocycles. The minimum atomic E-state index is -0.209. The molecule has 3 heteroatoms. The van der Waals surface area contributed by atoms with E-state index in [-0.39, 0.29) is 18.7 Å². The Kier molecular flexibility index (Phi) is 7.48. The lowest BCUT2D eigenvalue weighted by Crippen LogP contribution is -2.24. The van der Waals surface area contributed by atoms with Crippen LogP contribution in [-0.4, -0.2) is 23.8 Å². The highest BCUT2D eigenvalue weighted by Crippen LogP contribution is 2.18. The maximum atomic E-state index is 10.8. The van der Waals surface area contributed by atoms with E-state index in [0.717, 1.165) is 25.7 Å². The molecular weight excluding hydrogens is 180 g/mol. The first-order chi connectivity index (χ1) is 6.61. The topological polar surface area (TPSA) is 46.5 Å². The molecule has 84 valence electrons. The van der Waals surface area contributed by atoms with E-state index >= 15 is 0 Å². The molecule has 0 aromatic heterocycles. The molecule has 1 N–H and O–H groups in total. The predicted octanol–water partition coefficient (Wildman–Crippen LogP) is 2.13. The molecule has 0 bridgehead atoms. The number of rotatable bonds is 7. The summed E-state index contributed by atoms with van der Waals surface area (Å²) >= 11 is 0. The summed E-state index contributed by atoms with van der Waals surface area (Å²) < 4.78 is 5.23. The number of carbonyl (C=O) groups excluding carboxylic acids is 1. The van der Waals surface area contributed by atoms with Crippen molar-refractivity contribution in [2.45, 2.75) is 52.6 Å². The molecule has 0 amide bonds. The van der Waals surface area contributed by atoms with Crippen LogP contribution in [-0.2, 0) is 9.53 Å². The summed E-state index contributed by atoms with van der Waals surface area (Å²) in [5.41, 5.74) is 0. The lowest BCUT2D eigenvalue weighted by molar-refractivity contribution is -0.149. The molecular formula is C11H22O3. The van der Waals surface area contributed by atoms with Crippen molar-refractivity contribution in [3.63, 3.8) is 0 Å². The van der Waals surface area contributed by atoms with E-state index < -0.39 is 0 Å². The van der Waals surface area contributed by atoms with Gasteiger partial charge in [0.2, 0.25) is 0 Å². The van der Waals surface area contributed by atoms with Gasteiger partial charge in [0.05, 0.1) is 0 Å². The van der Waals surface area contributed by atoms with Gasteiger partial charge in [-0.25, -0.2) is 0 Å². The van der Waals surface area contributed by atoms with Crippen molar-refractivity contribution >= 4 is 5.97 Å². The first-order valence-electron chi connectivity index (χ1n) is 5.39. The average molecular weight is 202 g/mol. The van der Waals surface area contributed by atoms with Crippen LogP contribution in [0.4, 0.5) is 0 Å². The van der Waals surface area contributed by atoms with E-state index in [4.69, 9.17) is 9.84 Å². The Bertz CT molecular complexity index is 157. The second kappa shape index (κ2) is 7.80. The van der Waals surface area contributed by atoms with Crippen LogP contribution < -0.4 is 0 Å². The standard InChI is InChI=1S/C11H22O3/c1-4-6-11(14-10(3)13)9(2)7-5-8-12/h9,11-12H,4-8H2,1-3H3/t9-,11-/m0/s1. The maximum absolute atomic E-state index is 10.8. The zero-order valence-electron chi connectivity index (χ0n) is 9.45. The third kappa shape index (κ3) is 5.97. The molecule has 0 fully saturated rings. The van der Waals surface area contributed by atoms with E-state index in [1.54, 1.807) is 0 Å². The quantitative estimate of drug-likeness (QED) is 0.643. The van der Waals surface area contributed by atoms with Gasteiger partial charge < -0.3 is 9.84 Å². The number of ether oxygens (including phenoxy) is 1. The van der Waals surface area contributed by atoms with Gasteiger partial charge in [0.25, 0.3) is 0 Å². The first kappa shape index (κ1) is 13.4. The van der Waals surface area contributed by atoms with Gasteiger partial charge in [0.15, 0.2) is 0 Å². The first-order valence-corrected chi connectivity index (χ1v) is 5.39. The number of aliphatic hydroxyl groups is 1. The highest BCUT2D eigenvalue weighted by Gasteiger charge is 2.18. The SMILES string of the molecule is CCC[C@H](OC(C)=O)[C@@H](C)CCCO. The van der Waals surface area contributed by atoms with Crippen LogP contribution in [0.25, 0.3) is 0 Å². The van der Waals surface area contributed by atoms with Gasteiger partial charge in [-0.2, -0.15) is 0 Å². The molecule has 0 spiro atoms. The lowest BCUT2D eigenvalue weighted by Gasteiger charge is -2.22. The van der Waals surface area contributed by atoms with Crippen molar-refractivity contribution in [3.05, 3.63) is 0 Å².